The molecule has 1 atom stereocenters. The highest BCUT2D eigenvalue weighted by atomic mass is 16.5. The average Bonchev–Trinajstić information content (AvgIpc) is 3.06. The minimum absolute atomic E-state index is 0.287. The summed E-state index contributed by atoms with van der Waals surface area (Å²) < 4.78 is 23.7. The fraction of sp³-hybridized carbons (Fsp3) is 0.278. The number of methoxy groups -OCH3 is 2. The molecule has 4 aromatic carbocycles. The average molecular weight is 614 g/mol. The van der Waals surface area contributed by atoms with Gasteiger partial charge in [0.05, 0.1) is 14.2 Å². The summed E-state index contributed by atoms with van der Waals surface area (Å²) in [4.78, 5) is 20.6. The highest BCUT2D eigenvalue weighted by Crippen LogP contribution is 2.40. The Morgan fingerprint density at radius 1 is 0.711 bits per heavy atom. The van der Waals surface area contributed by atoms with E-state index < -0.39 is 11.9 Å². The Hall–Kier alpha value is -5.02. The summed E-state index contributed by atoms with van der Waals surface area (Å²) in [7, 11) is 5.61. The second-order valence-electron chi connectivity index (χ2n) is 10.6. The van der Waals surface area contributed by atoms with Crippen LogP contribution in [0.15, 0.2) is 91.0 Å². The van der Waals surface area contributed by atoms with E-state index >= 15 is 0 Å². The summed E-state index contributed by atoms with van der Waals surface area (Å²) in [5, 5.41) is 14.8. The minimum atomic E-state index is -1.82. The summed E-state index contributed by atoms with van der Waals surface area (Å²) >= 11 is 0. The lowest BCUT2D eigenvalue weighted by Gasteiger charge is -2.35. The van der Waals surface area contributed by atoms with E-state index in [4.69, 9.17) is 38.7 Å². The Balaban J connectivity index is 0.000000700. The number of aliphatic carboxylic acids is 2. The van der Waals surface area contributed by atoms with Gasteiger partial charge in [-0.2, -0.15) is 0 Å². The number of benzene rings is 4. The van der Waals surface area contributed by atoms with Crippen molar-refractivity contribution in [2.45, 2.75) is 38.5 Å². The van der Waals surface area contributed by atoms with Gasteiger partial charge in [0.2, 0.25) is 0 Å². The van der Waals surface area contributed by atoms with E-state index in [0.717, 1.165) is 59.9 Å². The molecule has 4 aromatic rings. The van der Waals surface area contributed by atoms with E-state index in [1.165, 1.54) is 16.7 Å². The number of likely N-dealkylation sites (N-methyl/N-ethyl adjacent to an activating group) is 1. The monoisotopic (exact) mass is 613 g/mol. The number of nitrogens with zero attached hydrogens (tertiary/aromatic N) is 1. The van der Waals surface area contributed by atoms with Crippen molar-refractivity contribution in [1.29, 1.82) is 0 Å². The zero-order valence-corrected chi connectivity index (χ0v) is 25.8. The van der Waals surface area contributed by atoms with Gasteiger partial charge in [0.15, 0.2) is 23.0 Å². The van der Waals surface area contributed by atoms with Crippen molar-refractivity contribution < 1.29 is 38.7 Å². The Labute approximate surface area is 263 Å². The molecule has 0 saturated carbocycles. The zero-order valence-electron chi connectivity index (χ0n) is 25.8. The normalized spacial score (nSPS) is 13.9. The summed E-state index contributed by atoms with van der Waals surface area (Å²) in [6, 6.07) is 31.4. The number of carboxylic acids is 2. The number of hydrogen-bond acceptors (Lipinski definition) is 7. The number of fused-ring (bicyclic) bond motifs is 1. The van der Waals surface area contributed by atoms with Gasteiger partial charge in [-0.3, -0.25) is 4.90 Å². The maximum atomic E-state index is 9.10. The Morgan fingerprint density at radius 2 is 1.27 bits per heavy atom. The van der Waals surface area contributed by atoms with E-state index in [9.17, 15) is 0 Å². The van der Waals surface area contributed by atoms with Crippen LogP contribution in [-0.4, -0.2) is 54.9 Å². The molecule has 9 heteroatoms. The molecule has 0 radical (unpaired) electrons. The van der Waals surface area contributed by atoms with Gasteiger partial charge in [0.25, 0.3) is 0 Å². The first-order valence-corrected chi connectivity index (χ1v) is 14.7. The molecular formula is C36H39NO8. The topological polar surface area (TPSA) is 115 Å². The Morgan fingerprint density at radius 3 is 1.80 bits per heavy atom. The number of carboxylic acid groups (broad SMARTS) is 2. The summed E-state index contributed by atoms with van der Waals surface area (Å²) in [6.07, 6.45) is 2.91. The number of rotatable bonds is 11. The van der Waals surface area contributed by atoms with Crippen LogP contribution < -0.4 is 18.9 Å². The van der Waals surface area contributed by atoms with Crippen LogP contribution in [0.2, 0.25) is 0 Å². The quantitative estimate of drug-likeness (QED) is 0.191. The van der Waals surface area contributed by atoms with Gasteiger partial charge in [0.1, 0.15) is 13.2 Å². The Kier molecular flexibility index (Phi) is 11.8. The van der Waals surface area contributed by atoms with Crippen molar-refractivity contribution in [1.82, 2.24) is 4.90 Å². The lowest BCUT2D eigenvalue weighted by molar-refractivity contribution is -0.159. The number of carbonyl (C=O) groups is 2. The molecule has 5 rings (SSSR count). The molecule has 1 heterocycles. The summed E-state index contributed by atoms with van der Waals surface area (Å²) in [6.45, 7) is 2.03. The molecule has 236 valence electrons. The van der Waals surface area contributed by atoms with Crippen LogP contribution in [-0.2, 0) is 35.6 Å². The maximum Gasteiger partial charge on any atom is 0.414 e. The number of ether oxygens (including phenoxy) is 4. The van der Waals surface area contributed by atoms with Gasteiger partial charge in [-0.15, -0.1) is 0 Å². The third kappa shape index (κ3) is 9.23. The van der Waals surface area contributed by atoms with Crippen molar-refractivity contribution in [2.75, 3.05) is 27.8 Å². The first kappa shape index (κ1) is 32.9. The Bertz CT molecular complexity index is 1550. The van der Waals surface area contributed by atoms with Crippen molar-refractivity contribution in [3.63, 3.8) is 0 Å². The lowest BCUT2D eigenvalue weighted by Crippen LogP contribution is -2.32. The first-order chi connectivity index (χ1) is 21.8. The number of aryl methyl sites for hydroxylation is 1. The van der Waals surface area contributed by atoms with Crippen LogP contribution >= 0.6 is 0 Å². The maximum absolute atomic E-state index is 9.10. The number of hydrogen-bond donors (Lipinski definition) is 2. The van der Waals surface area contributed by atoms with Crippen molar-refractivity contribution in [2.24, 2.45) is 0 Å². The second kappa shape index (κ2) is 16.2. The van der Waals surface area contributed by atoms with Crippen LogP contribution in [0.1, 0.15) is 40.3 Å². The summed E-state index contributed by atoms with van der Waals surface area (Å²) in [5.74, 6) is -0.533. The smallest absolute Gasteiger partial charge is 0.414 e. The predicted octanol–water partition coefficient (Wildman–Crippen LogP) is 6.18. The molecular weight excluding hydrogens is 574 g/mol. The summed E-state index contributed by atoms with van der Waals surface area (Å²) in [5.41, 5.74) is 6.15. The molecule has 1 unspecified atom stereocenters. The molecule has 2 N–H and O–H groups in total. The van der Waals surface area contributed by atoms with Crippen LogP contribution in [0.5, 0.6) is 23.0 Å². The molecule has 1 aliphatic heterocycles. The molecule has 0 aliphatic carbocycles. The fourth-order valence-corrected chi connectivity index (χ4v) is 5.25. The third-order valence-electron chi connectivity index (χ3n) is 7.64. The SMILES string of the molecule is COc1ccc(CCC2c3cc(OCc4ccccc4)c(OC)cc3CCN2C)cc1OCc1ccccc1.O=C(O)C(=O)O. The van der Waals surface area contributed by atoms with Gasteiger partial charge in [-0.25, -0.2) is 9.59 Å². The van der Waals surface area contributed by atoms with E-state index in [1.54, 1.807) is 14.2 Å². The fourth-order valence-electron chi connectivity index (χ4n) is 5.25. The first-order valence-electron chi connectivity index (χ1n) is 14.7. The van der Waals surface area contributed by atoms with E-state index in [1.807, 2.05) is 42.5 Å². The molecule has 0 spiro atoms. The predicted molar refractivity (Wildman–Crippen MR) is 170 cm³/mol. The van der Waals surface area contributed by atoms with Crippen molar-refractivity contribution in [3.05, 3.63) is 119 Å². The molecule has 45 heavy (non-hydrogen) atoms. The van der Waals surface area contributed by atoms with Crippen LogP contribution in [0.3, 0.4) is 0 Å². The van der Waals surface area contributed by atoms with E-state index in [2.05, 4.69) is 60.5 Å². The van der Waals surface area contributed by atoms with Gasteiger partial charge < -0.3 is 29.2 Å². The molecule has 0 saturated heterocycles. The molecule has 1 aliphatic rings. The molecule has 0 bridgehead atoms. The van der Waals surface area contributed by atoms with Crippen LogP contribution in [0.4, 0.5) is 0 Å². The zero-order chi connectivity index (χ0) is 32.2. The van der Waals surface area contributed by atoms with Crippen molar-refractivity contribution >= 4 is 11.9 Å². The highest BCUT2D eigenvalue weighted by molar-refractivity contribution is 6.27. The minimum Gasteiger partial charge on any atom is -0.493 e. The van der Waals surface area contributed by atoms with E-state index in [0.29, 0.717) is 13.2 Å². The molecule has 0 fully saturated rings. The van der Waals surface area contributed by atoms with Crippen LogP contribution in [0, 0.1) is 0 Å². The second-order valence-corrected chi connectivity index (χ2v) is 10.6. The van der Waals surface area contributed by atoms with Gasteiger partial charge in [-0.1, -0.05) is 66.7 Å². The highest BCUT2D eigenvalue weighted by Gasteiger charge is 2.27. The van der Waals surface area contributed by atoms with Crippen LogP contribution in [0.25, 0.3) is 0 Å². The lowest BCUT2D eigenvalue weighted by atomic mass is 9.88. The largest absolute Gasteiger partial charge is 0.493 e. The van der Waals surface area contributed by atoms with Crippen molar-refractivity contribution in [3.8, 4) is 23.0 Å². The molecule has 9 nitrogen and oxygen atoms in total. The standard InChI is InChI=1S/C34H37NO4.C2H2O4/c1-35-19-18-28-21-32(37-3)34(39-24-27-12-8-5-9-13-27)22-29(28)30(35)16-14-25-15-17-31(36-2)33(20-25)38-23-26-10-6-4-7-11-26;3-1(4)2(5)6/h4-13,15,17,20-22,30H,14,16,18-19,23-24H2,1-3H3;(H,3,4)(H,5,6). The van der Waals surface area contributed by atoms with Gasteiger partial charge in [0, 0.05) is 12.6 Å². The van der Waals surface area contributed by atoms with Gasteiger partial charge in [-0.05, 0) is 78.4 Å². The molecule has 0 aromatic heterocycles. The third-order valence-corrected chi connectivity index (χ3v) is 7.64. The molecule has 0 amide bonds. The van der Waals surface area contributed by atoms with Gasteiger partial charge >= 0.3 is 11.9 Å². The van der Waals surface area contributed by atoms with E-state index in [-0.39, 0.29) is 6.04 Å².